The topological polar surface area (TPSA) is 84.8 Å². The van der Waals surface area contributed by atoms with Crippen LogP contribution in [0.1, 0.15) is 25.8 Å². The Labute approximate surface area is 162 Å². The van der Waals surface area contributed by atoms with Crippen molar-refractivity contribution in [1.82, 2.24) is 5.32 Å². The summed E-state index contributed by atoms with van der Waals surface area (Å²) in [4.78, 5) is 38.6. The van der Waals surface area contributed by atoms with E-state index in [9.17, 15) is 14.4 Å². The first kappa shape index (κ1) is 20.6. The van der Waals surface area contributed by atoms with Gasteiger partial charge >= 0.3 is 0 Å². The van der Waals surface area contributed by atoms with Crippen molar-refractivity contribution in [1.29, 1.82) is 0 Å². The molecule has 1 unspecified atom stereocenters. The van der Waals surface area contributed by atoms with Gasteiger partial charge in [-0.05, 0) is 43.0 Å². The van der Waals surface area contributed by atoms with Gasteiger partial charge in [0.05, 0.1) is 11.5 Å². The fourth-order valence-electron chi connectivity index (χ4n) is 2.34. The summed E-state index contributed by atoms with van der Waals surface area (Å²) in [5.74, 6) is 0.0625. The Morgan fingerprint density at radius 3 is 2.63 bits per heavy atom. The molecule has 0 bridgehead atoms. The van der Waals surface area contributed by atoms with Gasteiger partial charge in [-0.2, -0.15) is 0 Å². The van der Waals surface area contributed by atoms with Crippen LogP contribution in [-0.2, 0) is 16.0 Å². The maximum Gasteiger partial charge on any atom is 0.286 e. The molecule has 0 radical (unpaired) electrons. The van der Waals surface area contributed by atoms with E-state index < -0.39 is 5.25 Å². The molecule has 1 heterocycles. The van der Waals surface area contributed by atoms with Crippen LogP contribution in [0.2, 0.25) is 0 Å². The van der Waals surface area contributed by atoms with Crippen molar-refractivity contribution in [2.45, 2.75) is 31.9 Å². The standard InChI is InChI=1S/C20H22N2O4S/c1-3-5-14(4-2)11-21-12-16(23)13-26-17-8-6-15(7-9-17)10-18-19(24)22-20(25)27-18/h3,5-9,11-12,18H,4,10,13H2,1-2H3,(H,22,24,25)/b5-3-,14-11-,21-12+. The number of nitrogens with zero attached hydrogens (tertiary/aromatic N) is 1. The lowest BCUT2D eigenvalue weighted by molar-refractivity contribution is -0.119. The number of hydrogen-bond donors (Lipinski definition) is 1. The second-order valence-electron chi connectivity index (χ2n) is 5.82. The van der Waals surface area contributed by atoms with Gasteiger partial charge in [-0.1, -0.05) is 43.0 Å². The van der Waals surface area contributed by atoms with Gasteiger partial charge in [0.15, 0.2) is 6.61 Å². The molecule has 1 aromatic carbocycles. The molecule has 0 saturated carbocycles. The first-order chi connectivity index (χ1) is 13.0. The van der Waals surface area contributed by atoms with Crippen LogP contribution in [0.5, 0.6) is 5.75 Å². The van der Waals surface area contributed by atoms with Crippen LogP contribution in [0.3, 0.4) is 0 Å². The van der Waals surface area contributed by atoms with Crippen LogP contribution in [0.4, 0.5) is 4.79 Å². The summed E-state index contributed by atoms with van der Waals surface area (Å²) in [5, 5.41) is 1.56. The number of hydrogen-bond acceptors (Lipinski definition) is 6. The summed E-state index contributed by atoms with van der Waals surface area (Å²) in [5.41, 5.74) is 1.95. The molecule has 142 valence electrons. The third kappa shape index (κ3) is 6.86. The zero-order valence-corrected chi connectivity index (χ0v) is 16.1. The Morgan fingerprint density at radius 2 is 2.04 bits per heavy atom. The van der Waals surface area contributed by atoms with E-state index in [-0.39, 0.29) is 23.5 Å². The summed E-state index contributed by atoms with van der Waals surface area (Å²) in [6.07, 6.45) is 8.09. The zero-order valence-electron chi connectivity index (χ0n) is 15.3. The van der Waals surface area contributed by atoms with Crippen LogP contribution >= 0.6 is 11.8 Å². The van der Waals surface area contributed by atoms with Gasteiger partial charge < -0.3 is 4.74 Å². The van der Waals surface area contributed by atoms with Gasteiger partial charge in [-0.3, -0.25) is 24.7 Å². The molecule has 1 saturated heterocycles. The first-order valence-corrected chi connectivity index (χ1v) is 9.50. The average molecular weight is 386 g/mol. The average Bonchev–Trinajstić information content (AvgIpc) is 2.97. The lowest BCUT2D eigenvalue weighted by Crippen LogP contribution is -2.25. The third-order valence-electron chi connectivity index (χ3n) is 3.74. The number of imide groups is 1. The summed E-state index contributed by atoms with van der Waals surface area (Å²) >= 11 is 1.00. The number of carbonyl (C=O) groups is 3. The van der Waals surface area contributed by atoms with E-state index in [1.54, 1.807) is 18.3 Å². The molecule has 1 aliphatic heterocycles. The van der Waals surface area contributed by atoms with E-state index in [1.807, 2.05) is 38.1 Å². The van der Waals surface area contributed by atoms with Crippen molar-refractivity contribution in [3.63, 3.8) is 0 Å². The van der Waals surface area contributed by atoms with Gasteiger partial charge in [-0.25, -0.2) is 0 Å². The molecule has 7 heteroatoms. The van der Waals surface area contributed by atoms with Gasteiger partial charge in [0.2, 0.25) is 11.7 Å². The maximum atomic E-state index is 11.8. The molecule has 2 amide bonds. The highest BCUT2D eigenvalue weighted by atomic mass is 32.2. The van der Waals surface area contributed by atoms with E-state index in [2.05, 4.69) is 10.3 Å². The van der Waals surface area contributed by atoms with Gasteiger partial charge in [0, 0.05) is 6.20 Å². The Morgan fingerprint density at radius 1 is 1.30 bits per heavy atom. The van der Waals surface area contributed by atoms with E-state index >= 15 is 0 Å². The number of amides is 2. The molecule has 6 nitrogen and oxygen atoms in total. The third-order valence-corrected chi connectivity index (χ3v) is 4.72. The largest absolute Gasteiger partial charge is 0.485 e. The minimum absolute atomic E-state index is 0.100. The monoisotopic (exact) mass is 386 g/mol. The number of ketones is 1. The van der Waals surface area contributed by atoms with Crippen LogP contribution in [0.25, 0.3) is 0 Å². The Bertz CT molecular complexity index is 782. The van der Waals surface area contributed by atoms with Crippen LogP contribution in [0, 0.1) is 0 Å². The molecule has 1 aromatic rings. The van der Waals surface area contributed by atoms with Crippen LogP contribution in [-0.4, -0.2) is 35.0 Å². The Kier molecular flexibility index (Phi) is 8.00. The summed E-state index contributed by atoms with van der Waals surface area (Å²) in [6, 6.07) is 7.11. The molecular weight excluding hydrogens is 364 g/mol. The lowest BCUT2D eigenvalue weighted by Gasteiger charge is -2.07. The fraction of sp³-hybridized carbons (Fsp3) is 0.300. The maximum absolute atomic E-state index is 11.8. The number of carbonyl (C=O) groups excluding carboxylic acids is 3. The number of allylic oxidation sites excluding steroid dienone is 3. The van der Waals surface area contributed by atoms with Crippen molar-refractivity contribution in [2.24, 2.45) is 4.99 Å². The van der Waals surface area contributed by atoms with Gasteiger partial charge in [0.25, 0.3) is 5.24 Å². The Balaban J connectivity index is 1.81. The van der Waals surface area contributed by atoms with E-state index in [1.165, 1.54) is 6.21 Å². The summed E-state index contributed by atoms with van der Waals surface area (Å²) in [6.45, 7) is 3.85. The highest BCUT2D eigenvalue weighted by molar-refractivity contribution is 8.15. The number of thioether (sulfide) groups is 1. The van der Waals surface area contributed by atoms with Gasteiger partial charge in [-0.15, -0.1) is 0 Å². The van der Waals surface area contributed by atoms with E-state index in [4.69, 9.17) is 4.74 Å². The van der Waals surface area contributed by atoms with Crippen LogP contribution in [0.15, 0.2) is 53.2 Å². The molecule has 1 N–H and O–H groups in total. The Hall–Kier alpha value is -2.67. The van der Waals surface area contributed by atoms with Crippen molar-refractivity contribution < 1.29 is 19.1 Å². The minimum Gasteiger partial charge on any atom is -0.485 e. The van der Waals surface area contributed by atoms with Crippen molar-refractivity contribution >= 4 is 34.9 Å². The zero-order chi connectivity index (χ0) is 19.6. The first-order valence-electron chi connectivity index (χ1n) is 8.62. The molecule has 1 fully saturated rings. The molecule has 1 atom stereocenters. The highest BCUT2D eigenvalue weighted by Gasteiger charge is 2.31. The number of rotatable bonds is 9. The molecule has 0 spiro atoms. The summed E-state index contributed by atoms with van der Waals surface area (Å²) < 4.78 is 5.45. The molecule has 27 heavy (non-hydrogen) atoms. The van der Waals surface area contributed by atoms with Gasteiger partial charge in [0.1, 0.15) is 5.75 Å². The molecule has 0 aliphatic carbocycles. The second-order valence-corrected chi connectivity index (χ2v) is 7.00. The highest BCUT2D eigenvalue weighted by Crippen LogP contribution is 2.23. The minimum atomic E-state index is -0.398. The predicted octanol–water partition coefficient (Wildman–Crippen LogP) is 3.47. The molecule has 0 aromatic heterocycles. The number of benzene rings is 1. The molecular formula is C20H22N2O4S. The number of Topliss-reactive ketones (excluding diaryl/α,β-unsaturated/α-hetero) is 1. The van der Waals surface area contributed by atoms with Crippen molar-refractivity contribution in [3.05, 3.63) is 53.8 Å². The number of aliphatic imine (C=N–C) groups is 1. The second kappa shape index (κ2) is 10.5. The van der Waals surface area contributed by atoms with Crippen molar-refractivity contribution in [3.8, 4) is 5.75 Å². The number of nitrogens with one attached hydrogen (secondary N) is 1. The SMILES string of the molecule is C\C=C/C(=C\N=C\C(=O)COc1ccc(CC2SC(=O)NC2=O)cc1)CC. The van der Waals surface area contributed by atoms with Crippen LogP contribution < -0.4 is 10.1 Å². The number of ether oxygens (including phenoxy) is 1. The van der Waals surface area contributed by atoms with E-state index in [0.717, 1.165) is 29.3 Å². The normalized spacial score (nSPS) is 17.7. The summed E-state index contributed by atoms with van der Waals surface area (Å²) in [7, 11) is 0. The molecule has 1 aliphatic rings. The predicted molar refractivity (Wildman–Crippen MR) is 107 cm³/mol. The smallest absolute Gasteiger partial charge is 0.286 e. The molecule has 2 rings (SSSR count). The van der Waals surface area contributed by atoms with E-state index in [0.29, 0.717) is 12.2 Å². The lowest BCUT2D eigenvalue weighted by atomic mass is 10.1. The van der Waals surface area contributed by atoms with Crippen molar-refractivity contribution in [2.75, 3.05) is 6.61 Å². The fourth-order valence-corrected chi connectivity index (χ4v) is 3.20. The quantitative estimate of drug-likeness (QED) is 0.519.